The average molecular weight is 250 g/mol. The van der Waals surface area contributed by atoms with Crippen LogP contribution in [0.25, 0.3) is 0 Å². The van der Waals surface area contributed by atoms with Gasteiger partial charge in [0.2, 0.25) is 5.95 Å². The highest BCUT2D eigenvalue weighted by Crippen LogP contribution is 2.28. The van der Waals surface area contributed by atoms with Crippen LogP contribution in [0.4, 0.5) is 11.8 Å². The molecular formula is C13H22N4O. The van der Waals surface area contributed by atoms with Crippen molar-refractivity contribution in [2.45, 2.75) is 44.6 Å². The number of aromatic nitrogens is 2. The van der Waals surface area contributed by atoms with Crippen LogP contribution in [0.1, 0.15) is 37.8 Å². The van der Waals surface area contributed by atoms with Gasteiger partial charge in [0.25, 0.3) is 0 Å². The van der Waals surface area contributed by atoms with Crippen molar-refractivity contribution < 1.29 is 5.11 Å². The molecule has 5 nitrogen and oxygen atoms in total. The first-order valence-electron chi connectivity index (χ1n) is 6.61. The predicted molar refractivity (Wildman–Crippen MR) is 72.8 cm³/mol. The molecule has 100 valence electrons. The average Bonchev–Trinajstić information content (AvgIpc) is 2.37. The Bertz CT molecular complexity index is 402. The summed E-state index contributed by atoms with van der Waals surface area (Å²) >= 11 is 0. The Morgan fingerprint density at radius 3 is 2.67 bits per heavy atom. The maximum atomic E-state index is 10.4. The molecule has 0 aliphatic heterocycles. The van der Waals surface area contributed by atoms with Crippen molar-refractivity contribution in [2.24, 2.45) is 0 Å². The fourth-order valence-electron chi connectivity index (χ4n) is 2.41. The summed E-state index contributed by atoms with van der Waals surface area (Å²) < 4.78 is 0. The van der Waals surface area contributed by atoms with E-state index < -0.39 is 5.60 Å². The highest BCUT2D eigenvalue weighted by atomic mass is 16.3. The Kier molecular flexibility index (Phi) is 4.01. The molecule has 0 amide bonds. The van der Waals surface area contributed by atoms with Crippen molar-refractivity contribution in [1.82, 2.24) is 9.97 Å². The Hall–Kier alpha value is -1.36. The summed E-state index contributed by atoms with van der Waals surface area (Å²) in [7, 11) is 1.80. The smallest absolute Gasteiger partial charge is 0.224 e. The minimum atomic E-state index is -0.573. The molecule has 0 aromatic carbocycles. The second-order valence-corrected chi connectivity index (χ2v) is 5.11. The van der Waals surface area contributed by atoms with Gasteiger partial charge in [0, 0.05) is 25.4 Å². The van der Waals surface area contributed by atoms with Crippen LogP contribution in [0.15, 0.2) is 6.07 Å². The highest BCUT2D eigenvalue weighted by Gasteiger charge is 2.28. The summed E-state index contributed by atoms with van der Waals surface area (Å²) in [5, 5.41) is 16.6. The normalized spacial score (nSPS) is 18.4. The lowest BCUT2D eigenvalue weighted by molar-refractivity contribution is 0.0166. The van der Waals surface area contributed by atoms with Gasteiger partial charge in [0.05, 0.1) is 5.60 Å². The number of anilines is 2. The quantitative estimate of drug-likeness (QED) is 0.761. The molecule has 1 aliphatic carbocycles. The van der Waals surface area contributed by atoms with Gasteiger partial charge < -0.3 is 15.7 Å². The van der Waals surface area contributed by atoms with Gasteiger partial charge in [-0.3, -0.25) is 0 Å². The fraction of sp³-hybridized carbons (Fsp3) is 0.692. The number of aryl methyl sites for hydroxylation is 1. The molecule has 1 fully saturated rings. The zero-order chi connectivity index (χ0) is 13.0. The van der Waals surface area contributed by atoms with E-state index in [-0.39, 0.29) is 0 Å². The van der Waals surface area contributed by atoms with E-state index in [4.69, 9.17) is 0 Å². The maximum absolute atomic E-state index is 10.4. The maximum Gasteiger partial charge on any atom is 0.224 e. The molecule has 0 saturated heterocycles. The molecular weight excluding hydrogens is 228 g/mol. The molecule has 18 heavy (non-hydrogen) atoms. The summed E-state index contributed by atoms with van der Waals surface area (Å²) in [4.78, 5) is 8.56. The molecule has 1 saturated carbocycles. The Morgan fingerprint density at radius 1 is 1.28 bits per heavy atom. The molecule has 3 N–H and O–H groups in total. The fourth-order valence-corrected chi connectivity index (χ4v) is 2.41. The van der Waals surface area contributed by atoms with Crippen LogP contribution in [0.2, 0.25) is 0 Å². The van der Waals surface area contributed by atoms with Gasteiger partial charge in [-0.25, -0.2) is 4.98 Å². The van der Waals surface area contributed by atoms with Gasteiger partial charge in [-0.05, 0) is 19.8 Å². The van der Waals surface area contributed by atoms with Crippen LogP contribution in [0.3, 0.4) is 0 Å². The first kappa shape index (κ1) is 13.1. The minimum Gasteiger partial charge on any atom is -0.388 e. The van der Waals surface area contributed by atoms with E-state index in [0.29, 0.717) is 12.5 Å². The third-order valence-electron chi connectivity index (χ3n) is 3.46. The third kappa shape index (κ3) is 3.32. The van der Waals surface area contributed by atoms with Crippen molar-refractivity contribution in [3.8, 4) is 0 Å². The lowest BCUT2D eigenvalue weighted by Crippen LogP contribution is -2.39. The van der Waals surface area contributed by atoms with Crippen LogP contribution >= 0.6 is 0 Å². The largest absolute Gasteiger partial charge is 0.388 e. The topological polar surface area (TPSA) is 70.1 Å². The van der Waals surface area contributed by atoms with E-state index in [1.165, 1.54) is 6.42 Å². The number of hydrogen-bond donors (Lipinski definition) is 3. The lowest BCUT2D eigenvalue weighted by atomic mass is 9.85. The van der Waals surface area contributed by atoms with E-state index in [1.54, 1.807) is 7.05 Å². The second kappa shape index (κ2) is 5.52. The molecule has 0 unspecified atom stereocenters. The highest BCUT2D eigenvalue weighted by molar-refractivity contribution is 5.42. The van der Waals surface area contributed by atoms with Gasteiger partial charge in [-0.15, -0.1) is 0 Å². The Morgan fingerprint density at radius 2 is 2.00 bits per heavy atom. The molecule has 0 atom stereocenters. The van der Waals surface area contributed by atoms with Gasteiger partial charge in [-0.1, -0.05) is 19.3 Å². The van der Waals surface area contributed by atoms with Crippen LogP contribution in [0.5, 0.6) is 0 Å². The summed E-state index contributed by atoms with van der Waals surface area (Å²) in [6, 6.07) is 1.90. The van der Waals surface area contributed by atoms with E-state index in [9.17, 15) is 5.11 Å². The van der Waals surface area contributed by atoms with Crippen molar-refractivity contribution in [3.63, 3.8) is 0 Å². The van der Waals surface area contributed by atoms with Crippen LogP contribution in [0, 0.1) is 6.92 Å². The van der Waals surface area contributed by atoms with Crippen molar-refractivity contribution in [2.75, 3.05) is 24.2 Å². The lowest BCUT2D eigenvalue weighted by Gasteiger charge is -2.32. The molecule has 0 bridgehead atoms. The first-order valence-corrected chi connectivity index (χ1v) is 6.61. The summed E-state index contributed by atoms with van der Waals surface area (Å²) in [5.74, 6) is 1.37. The summed E-state index contributed by atoms with van der Waals surface area (Å²) in [6.07, 6.45) is 5.22. The molecule has 1 heterocycles. The van der Waals surface area contributed by atoms with Crippen LogP contribution < -0.4 is 10.6 Å². The van der Waals surface area contributed by atoms with Crippen molar-refractivity contribution in [1.29, 1.82) is 0 Å². The number of hydrogen-bond acceptors (Lipinski definition) is 5. The molecule has 0 spiro atoms. The van der Waals surface area contributed by atoms with Gasteiger partial charge in [0.1, 0.15) is 5.82 Å². The van der Waals surface area contributed by atoms with Gasteiger partial charge >= 0.3 is 0 Å². The number of aliphatic hydroxyl groups is 1. The zero-order valence-corrected chi connectivity index (χ0v) is 11.2. The van der Waals surface area contributed by atoms with E-state index in [2.05, 4.69) is 20.6 Å². The zero-order valence-electron chi connectivity index (χ0n) is 11.2. The molecule has 1 aliphatic rings. The third-order valence-corrected chi connectivity index (χ3v) is 3.46. The predicted octanol–water partition coefficient (Wildman–Crippen LogP) is 1.93. The molecule has 1 aromatic rings. The van der Waals surface area contributed by atoms with Crippen LogP contribution in [-0.2, 0) is 0 Å². The van der Waals surface area contributed by atoms with Gasteiger partial charge in [0.15, 0.2) is 0 Å². The van der Waals surface area contributed by atoms with Crippen LogP contribution in [-0.4, -0.2) is 34.3 Å². The molecule has 5 heteroatoms. The monoisotopic (exact) mass is 250 g/mol. The van der Waals surface area contributed by atoms with Crippen molar-refractivity contribution in [3.05, 3.63) is 11.8 Å². The number of nitrogens with zero attached hydrogens (tertiary/aromatic N) is 2. The standard InChI is InChI=1S/C13H22N4O/c1-10-8-11(17-12(14-2)16-10)15-9-13(18)6-4-3-5-7-13/h8,18H,3-7,9H2,1-2H3,(H2,14,15,16,17). The minimum absolute atomic E-state index is 0.562. The first-order chi connectivity index (χ1) is 8.61. The second-order valence-electron chi connectivity index (χ2n) is 5.11. The Balaban J connectivity index is 1.98. The van der Waals surface area contributed by atoms with Crippen molar-refractivity contribution >= 4 is 11.8 Å². The summed E-state index contributed by atoms with van der Waals surface area (Å²) in [6.45, 7) is 2.50. The molecule has 0 radical (unpaired) electrons. The molecule has 2 rings (SSSR count). The Labute approximate surface area is 108 Å². The van der Waals surface area contributed by atoms with Gasteiger partial charge in [-0.2, -0.15) is 4.98 Å². The van der Waals surface area contributed by atoms with E-state index >= 15 is 0 Å². The number of rotatable bonds is 4. The SMILES string of the molecule is CNc1nc(C)cc(NCC2(O)CCCCC2)n1. The van der Waals surface area contributed by atoms with E-state index in [0.717, 1.165) is 37.2 Å². The molecule has 1 aromatic heterocycles. The summed E-state index contributed by atoms with van der Waals surface area (Å²) in [5.41, 5.74) is 0.337. The van der Waals surface area contributed by atoms with E-state index in [1.807, 2.05) is 13.0 Å². The number of nitrogens with one attached hydrogen (secondary N) is 2.